The number of hydrogen-bond acceptors (Lipinski definition) is 6. The SMILES string of the molecule is C=NN1N=C2C(=NC1=C)C(=O)c1ccc(OC)cc12. The van der Waals surface area contributed by atoms with Gasteiger partial charge in [-0.3, -0.25) is 4.79 Å². The molecule has 3 rings (SSSR count). The van der Waals surface area contributed by atoms with E-state index < -0.39 is 0 Å². The normalized spacial score (nSPS) is 16.6. The van der Waals surface area contributed by atoms with Crippen LogP contribution in [0, 0.1) is 0 Å². The molecule has 0 spiro atoms. The first kappa shape index (κ1) is 11.3. The number of hydrazone groups is 2. The third-order valence-electron chi connectivity index (χ3n) is 2.97. The number of aliphatic imine (C=N–C) groups is 1. The van der Waals surface area contributed by atoms with Crippen molar-refractivity contribution in [2.24, 2.45) is 15.2 Å². The average molecular weight is 254 g/mol. The quantitative estimate of drug-likeness (QED) is 0.750. The molecule has 19 heavy (non-hydrogen) atoms. The maximum atomic E-state index is 12.2. The smallest absolute Gasteiger partial charge is 0.214 e. The summed E-state index contributed by atoms with van der Waals surface area (Å²) in [5, 5.41) is 9.10. The van der Waals surface area contributed by atoms with Gasteiger partial charge in [-0.15, -0.1) is 10.2 Å². The molecule has 0 fully saturated rings. The lowest BCUT2D eigenvalue weighted by Gasteiger charge is -2.17. The van der Waals surface area contributed by atoms with E-state index >= 15 is 0 Å². The Bertz CT molecular complexity index is 688. The predicted octanol–water partition coefficient (Wildman–Crippen LogP) is 1.44. The Kier molecular flexibility index (Phi) is 2.31. The van der Waals surface area contributed by atoms with Crippen LogP contribution in [0.1, 0.15) is 15.9 Å². The van der Waals surface area contributed by atoms with Crippen molar-refractivity contribution in [1.29, 1.82) is 0 Å². The van der Waals surface area contributed by atoms with E-state index in [0.717, 1.165) is 0 Å². The van der Waals surface area contributed by atoms with E-state index in [9.17, 15) is 4.79 Å². The zero-order valence-corrected chi connectivity index (χ0v) is 10.3. The number of carbonyl (C=O) groups is 1. The molecule has 0 saturated carbocycles. The van der Waals surface area contributed by atoms with Crippen molar-refractivity contribution >= 4 is 23.9 Å². The molecule has 0 bridgehead atoms. The fourth-order valence-electron chi connectivity index (χ4n) is 2.05. The zero-order valence-electron chi connectivity index (χ0n) is 10.3. The molecule has 2 aliphatic rings. The second-order valence-electron chi connectivity index (χ2n) is 4.00. The number of rotatable bonds is 2. The Morgan fingerprint density at radius 2 is 2.11 bits per heavy atom. The van der Waals surface area contributed by atoms with Crippen molar-refractivity contribution in [2.45, 2.75) is 0 Å². The molecule has 94 valence electrons. The fourth-order valence-corrected chi connectivity index (χ4v) is 2.05. The van der Waals surface area contributed by atoms with Gasteiger partial charge in [0.25, 0.3) is 0 Å². The van der Waals surface area contributed by atoms with E-state index in [1.54, 1.807) is 25.3 Å². The van der Waals surface area contributed by atoms with Gasteiger partial charge >= 0.3 is 0 Å². The summed E-state index contributed by atoms with van der Waals surface area (Å²) in [5.41, 5.74) is 1.99. The maximum absolute atomic E-state index is 12.2. The Labute approximate surface area is 109 Å². The van der Waals surface area contributed by atoms with Crippen LogP contribution >= 0.6 is 0 Å². The van der Waals surface area contributed by atoms with Gasteiger partial charge in [0, 0.05) is 17.8 Å². The summed E-state index contributed by atoms with van der Waals surface area (Å²) in [6.07, 6.45) is 0. The van der Waals surface area contributed by atoms with Crippen LogP contribution < -0.4 is 4.74 Å². The Balaban J connectivity index is 2.22. The average Bonchev–Trinajstić information content (AvgIpc) is 2.70. The third kappa shape index (κ3) is 1.50. The van der Waals surface area contributed by atoms with Gasteiger partial charge < -0.3 is 4.74 Å². The minimum atomic E-state index is -0.165. The second kappa shape index (κ2) is 3.88. The standard InChI is InChI=1S/C13H10N4O2/c1-7-15-12-11(16-17(7)14-2)10-6-8(19-3)4-5-9(10)13(12)18/h4-6H,1-2H2,3H3. The van der Waals surface area contributed by atoms with Crippen LogP contribution in [0.5, 0.6) is 5.75 Å². The first-order chi connectivity index (χ1) is 9.15. The molecular formula is C13H10N4O2. The van der Waals surface area contributed by atoms with E-state index in [-0.39, 0.29) is 17.3 Å². The molecule has 0 radical (unpaired) electrons. The summed E-state index contributed by atoms with van der Waals surface area (Å²) in [4.78, 5) is 16.4. The lowest BCUT2D eigenvalue weighted by molar-refractivity contribution is 0.106. The molecule has 1 heterocycles. The molecule has 1 aromatic carbocycles. The lowest BCUT2D eigenvalue weighted by Crippen LogP contribution is -2.25. The number of benzene rings is 1. The molecule has 6 nitrogen and oxygen atoms in total. The van der Waals surface area contributed by atoms with Gasteiger partial charge in [-0.1, -0.05) is 6.58 Å². The van der Waals surface area contributed by atoms with Crippen molar-refractivity contribution < 1.29 is 9.53 Å². The Morgan fingerprint density at radius 1 is 1.32 bits per heavy atom. The third-order valence-corrected chi connectivity index (χ3v) is 2.97. The van der Waals surface area contributed by atoms with E-state index in [2.05, 4.69) is 28.5 Å². The molecule has 0 aromatic heterocycles. The van der Waals surface area contributed by atoms with Crippen LogP contribution in [0.2, 0.25) is 0 Å². The van der Waals surface area contributed by atoms with E-state index in [1.165, 1.54) is 5.12 Å². The number of ether oxygens (including phenoxy) is 1. The fraction of sp³-hybridized carbons (Fsp3) is 0.0769. The summed E-state index contributed by atoms with van der Waals surface area (Å²) >= 11 is 0. The Morgan fingerprint density at radius 3 is 2.79 bits per heavy atom. The highest BCUT2D eigenvalue weighted by molar-refractivity contribution is 6.78. The summed E-state index contributed by atoms with van der Waals surface area (Å²) in [5.74, 6) is 0.751. The van der Waals surface area contributed by atoms with Crippen molar-refractivity contribution in [1.82, 2.24) is 5.12 Å². The first-order valence-corrected chi connectivity index (χ1v) is 5.52. The van der Waals surface area contributed by atoms with Crippen LogP contribution in [0.4, 0.5) is 0 Å². The van der Waals surface area contributed by atoms with Gasteiger partial charge in [0.1, 0.15) is 17.2 Å². The summed E-state index contributed by atoms with van der Waals surface area (Å²) in [6, 6.07) is 5.19. The Hall–Kier alpha value is -2.76. The molecule has 0 saturated heterocycles. The van der Waals surface area contributed by atoms with Crippen molar-refractivity contribution in [2.75, 3.05) is 7.11 Å². The highest BCUT2D eigenvalue weighted by atomic mass is 16.5. The van der Waals surface area contributed by atoms with E-state index in [0.29, 0.717) is 22.6 Å². The van der Waals surface area contributed by atoms with Gasteiger partial charge in [-0.05, 0) is 18.2 Å². The molecule has 1 aliphatic heterocycles. The number of Topliss-reactive ketones (excluding diaryl/α,β-unsaturated/α-hetero) is 1. The molecule has 0 amide bonds. The van der Waals surface area contributed by atoms with E-state index in [4.69, 9.17) is 4.74 Å². The molecular weight excluding hydrogens is 244 g/mol. The van der Waals surface area contributed by atoms with Gasteiger partial charge in [-0.25, -0.2) is 4.99 Å². The molecule has 0 atom stereocenters. The van der Waals surface area contributed by atoms with Gasteiger partial charge in [-0.2, -0.15) is 5.10 Å². The minimum Gasteiger partial charge on any atom is -0.497 e. The largest absolute Gasteiger partial charge is 0.497 e. The first-order valence-electron chi connectivity index (χ1n) is 5.52. The highest BCUT2D eigenvalue weighted by Gasteiger charge is 2.36. The summed E-state index contributed by atoms with van der Waals surface area (Å²) in [7, 11) is 1.57. The van der Waals surface area contributed by atoms with Crippen molar-refractivity contribution in [3.8, 4) is 5.75 Å². The van der Waals surface area contributed by atoms with Gasteiger partial charge in [0.2, 0.25) is 5.78 Å². The van der Waals surface area contributed by atoms with Crippen LogP contribution in [0.3, 0.4) is 0 Å². The van der Waals surface area contributed by atoms with Gasteiger partial charge in [0.15, 0.2) is 5.82 Å². The molecule has 1 aromatic rings. The van der Waals surface area contributed by atoms with E-state index in [1.807, 2.05) is 0 Å². The highest BCUT2D eigenvalue weighted by Crippen LogP contribution is 2.29. The number of methoxy groups -OCH3 is 1. The minimum absolute atomic E-state index is 0.165. The van der Waals surface area contributed by atoms with Crippen LogP contribution in [0.15, 0.2) is 45.8 Å². The molecule has 0 unspecified atom stereocenters. The number of hydrogen-bond donors (Lipinski definition) is 0. The number of nitrogens with zero attached hydrogens (tertiary/aromatic N) is 4. The van der Waals surface area contributed by atoms with Crippen LogP contribution in [-0.4, -0.2) is 36.2 Å². The van der Waals surface area contributed by atoms with Gasteiger partial charge in [0.05, 0.1) is 7.11 Å². The molecule has 6 heteroatoms. The number of carbonyl (C=O) groups excluding carboxylic acids is 1. The van der Waals surface area contributed by atoms with Crippen molar-refractivity contribution in [3.05, 3.63) is 41.7 Å². The van der Waals surface area contributed by atoms with Crippen LogP contribution in [-0.2, 0) is 0 Å². The lowest BCUT2D eigenvalue weighted by atomic mass is 10.1. The summed E-state index contributed by atoms with van der Waals surface area (Å²) < 4.78 is 5.16. The number of ketones is 1. The number of fused-ring (bicyclic) bond motifs is 3. The second-order valence-corrected chi connectivity index (χ2v) is 4.00. The monoisotopic (exact) mass is 254 g/mol. The maximum Gasteiger partial charge on any atom is 0.214 e. The topological polar surface area (TPSA) is 66.6 Å². The zero-order chi connectivity index (χ0) is 13.6. The predicted molar refractivity (Wildman–Crippen MR) is 71.8 cm³/mol. The summed E-state index contributed by atoms with van der Waals surface area (Å²) in [6.45, 7) is 7.07. The van der Waals surface area contributed by atoms with Crippen LogP contribution in [0.25, 0.3) is 0 Å². The molecule has 0 N–H and O–H groups in total. The van der Waals surface area contributed by atoms with Crippen molar-refractivity contribution in [3.63, 3.8) is 0 Å². The molecule has 1 aliphatic carbocycles.